The van der Waals surface area contributed by atoms with E-state index in [1.165, 1.54) is 0 Å². The van der Waals surface area contributed by atoms with Gasteiger partial charge in [0.2, 0.25) is 5.91 Å². The number of ether oxygens (including phenoxy) is 1. The van der Waals surface area contributed by atoms with Crippen molar-refractivity contribution in [1.29, 1.82) is 0 Å². The van der Waals surface area contributed by atoms with Gasteiger partial charge in [-0.05, 0) is 44.0 Å². The highest BCUT2D eigenvalue weighted by atomic mass is 35.5. The average molecular weight is 383 g/mol. The lowest BCUT2D eigenvalue weighted by Gasteiger charge is -2.34. The fourth-order valence-corrected chi connectivity index (χ4v) is 3.43. The number of halogens is 1. The first-order valence-corrected chi connectivity index (χ1v) is 8.88. The Bertz CT molecular complexity index is 699. The van der Waals surface area contributed by atoms with Crippen molar-refractivity contribution in [2.24, 2.45) is 11.1 Å². The Balaban J connectivity index is 0.00000225. The number of nitrogens with zero attached hydrogens (tertiary/aromatic N) is 1. The molecule has 0 bridgehead atoms. The maximum atomic E-state index is 12.6. The molecule has 136 valence electrons. The van der Waals surface area contributed by atoms with Gasteiger partial charge < -0.3 is 21.1 Å². The van der Waals surface area contributed by atoms with Gasteiger partial charge in [0, 0.05) is 36.5 Å². The zero-order chi connectivity index (χ0) is 17.0. The number of aromatic nitrogens is 1. The standard InChI is InChI=1S/C17H22N4O2S.ClH/c1-12-10-24-16(19-12)21-14-4-2-13(3-5-14)20-15(22)17(11-18)6-8-23-9-7-17;/h2-5,10H,6-9,11,18H2,1H3,(H,19,21)(H,20,22);1H. The van der Waals surface area contributed by atoms with E-state index in [1.54, 1.807) is 11.3 Å². The molecule has 1 aliphatic heterocycles. The molecular weight excluding hydrogens is 360 g/mol. The lowest BCUT2D eigenvalue weighted by atomic mass is 9.79. The van der Waals surface area contributed by atoms with Crippen molar-refractivity contribution in [2.75, 3.05) is 30.4 Å². The summed E-state index contributed by atoms with van der Waals surface area (Å²) in [6.07, 6.45) is 1.33. The Morgan fingerprint density at radius 2 is 1.92 bits per heavy atom. The molecule has 0 spiro atoms. The number of thiazole rings is 1. The molecule has 2 aromatic rings. The predicted octanol–water partition coefficient (Wildman–Crippen LogP) is 3.31. The molecule has 3 rings (SSSR count). The molecule has 1 amide bonds. The zero-order valence-electron chi connectivity index (χ0n) is 14.1. The van der Waals surface area contributed by atoms with Crippen LogP contribution in [0.3, 0.4) is 0 Å². The van der Waals surface area contributed by atoms with Crippen LogP contribution in [0.4, 0.5) is 16.5 Å². The van der Waals surface area contributed by atoms with E-state index in [2.05, 4.69) is 15.6 Å². The van der Waals surface area contributed by atoms with Crippen LogP contribution >= 0.6 is 23.7 Å². The van der Waals surface area contributed by atoms with E-state index < -0.39 is 5.41 Å². The highest BCUT2D eigenvalue weighted by Gasteiger charge is 2.38. The van der Waals surface area contributed by atoms with Crippen molar-refractivity contribution in [3.05, 3.63) is 35.3 Å². The monoisotopic (exact) mass is 382 g/mol. The summed E-state index contributed by atoms with van der Waals surface area (Å²) >= 11 is 1.56. The number of amides is 1. The summed E-state index contributed by atoms with van der Waals surface area (Å²) in [7, 11) is 0. The van der Waals surface area contributed by atoms with Crippen molar-refractivity contribution < 1.29 is 9.53 Å². The summed E-state index contributed by atoms with van der Waals surface area (Å²) < 4.78 is 5.35. The summed E-state index contributed by atoms with van der Waals surface area (Å²) in [5.41, 5.74) is 8.04. The first-order chi connectivity index (χ1) is 11.6. The highest BCUT2D eigenvalue weighted by molar-refractivity contribution is 7.13. The lowest BCUT2D eigenvalue weighted by molar-refractivity contribution is -0.130. The van der Waals surface area contributed by atoms with Crippen LogP contribution < -0.4 is 16.4 Å². The van der Waals surface area contributed by atoms with Crippen LogP contribution in [0, 0.1) is 12.3 Å². The Hall–Kier alpha value is -1.67. The molecule has 0 aliphatic carbocycles. The van der Waals surface area contributed by atoms with Gasteiger partial charge in [0.05, 0.1) is 11.1 Å². The molecule has 1 aromatic carbocycles. The number of benzene rings is 1. The molecule has 1 fully saturated rings. The molecule has 0 unspecified atom stereocenters. The number of carbonyl (C=O) groups excluding carboxylic acids is 1. The van der Waals surface area contributed by atoms with Crippen LogP contribution in [-0.4, -0.2) is 30.6 Å². The van der Waals surface area contributed by atoms with E-state index >= 15 is 0 Å². The maximum absolute atomic E-state index is 12.6. The molecule has 1 aromatic heterocycles. The number of anilines is 3. The molecule has 8 heteroatoms. The van der Waals surface area contributed by atoms with Crippen molar-refractivity contribution in [2.45, 2.75) is 19.8 Å². The molecule has 4 N–H and O–H groups in total. The maximum Gasteiger partial charge on any atom is 0.232 e. The number of hydrogen-bond donors (Lipinski definition) is 3. The largest absolute Gasteiger partial charge is 0.381 e. The second-order valence-electron chi connectivity index (χ2n) is 6.05. The number of nitrogens with one attached hydrogen (secondary N) is 2. The summed E-state index contributed by atoms with van der Waals surface area (Å²) in [4.78, 5) is 17.0. The number of aryl methyl sites for hydroxylation is 1. The SMILES string of the molecule is Cc1csc(Nc2ccc(NC(=O)C3(CN)CCOCC3)cc2)n1.Cl. The molecular formula is C17H23ClN4O2S. The molecule has 0 atom stereocenters. The van der Waals surface area contributed by atoms with E-state index in [0.717, 1.165) is 22.2 Å². The van der Waals surface area contributed by atoms with E-state index in [4.69, 9.17) is 10.5 Å². The number of nitrogens with two attached hydrogens (primary N) is 1. The summed E-state index contributed by atoms with van der Waals surface area (Å²) in [5, 5.41) is 9.08. The van der Waals surface area contributed by atoms with Crippen LogP contribution in [0.1, 0.15) is 18.5 Å². The molecule has 1 saturated heterocycles. The van der Waals surface area contributed by atoms with Crippen molar-refractivity contribution in [3.8, 4) is 0 Å². The van der Waals surface area contributed by atoms with Crippen molar-refractivity contribution in [3.63, 3.8) is 0 Å². The van der Waals surface area contributed by atoms with Gasteiger partial charge in [0.25, 0.3) is 0 Å². The van der Waals surface area contributed by atoms with Gasteiger partial charge in [-0.15, -0.1) is 23.7 Å². The van der Waals surface area contributed by atoms with Gasteiger partial charge in [-0.2, -0.15) is 0 Å². The minimum absolute atomic E-state index is 0. The number of hydrogen-bond acceptors (Lipinski definition) is 6. The van der Waals surface area contributed by atoms with E-state index in [9.17, 15) is 4.79 Å². The molecule has 25 heavy (non-hydrogen) atoms. The lowest BCUT2D eigenvalue weighted by Crippen LogP contribution is -2.46. The van der Waals surface area contributed by atoms with Gasteiger partial charge in [0.15, 0.2) is 5.13 Å². The third-order valence-electron chi connectivity index (χ3n) is 4.34. The summed E-state index contributed by atoms with van der Waals surface area (Å²) in [5.74, 6) is -0.0236. The second-order valence-corrected chi connectivity index (χ2v) is 6.91. The van der Waals surface area contributed by atoms with Crippen LogP contribution in [-0.2, 0) is 9.53 Å². The van der Waals surface area contributed by atoms with Gasteiger partial charge in [0.1, 0.15) is 0 Å². The minimum atomic E-state index is -0.520. The average Bonchev–Trinajstić information content (AvgIpc) is 3.02. The highest BCUT2D eigenvalue weighted by Crippen LogP contribution is 2.31. The molecule has 2 heterocycles. The predicted molar refractivity (Wildman–Crippen MR) is 104 cm³/mol. The fraction of sp³-hybridized carbons (Fsp3) is 0.412. The van der Waals surface area contributed by atoms with Gasteiger partial charge in [-0.25, -0.2) is 4.98 Å². The van der Waals surface area contributed by atoms with Crippen LogP contribution in [0.2, 0.25) is 0 Å². The van der Waals surface area contributed by atoms with E-state index in [0.29, 0.717) is 32.6 Å². The fourth-order valence-electron chi connectivity index (χ4n) is 2.72. The Morgan fingerprint density at radius 1 is 1.28 bits per heavy atom. The minimum Gasteiger partial charge on any atom is -0.381 e. The molecule has 0 radical (unpaired) electrons. The normalized spacial score (nSPS) is 15.9. The van der Waals surface area contributed by atoms with Gasteiger partial charge in [-0.3, -0.25) is 4.79 Å². The number of carbonyl (C=O) groups is 1. The smallest absolute Gasteiger partial charge is 0.232 e. The van der Waals surface area contributed by atoms with Crippen LogP contribution in [0.5, 0.6) is 0 Å². The van der Waals surface area contributed by atoms with Crippen LogP contribution in [0.15, 0.2) is 29.6 Å². The Morgan fingerprint density at radius 3 is 2.48 bits per heavy atom. The van der Waals surface area contributed by atoms with E-state index in [1.807, 2.05) is 36.6 Å². The third-order valence-corrected chi connectivity index (χ3v) is 5.21. The number of rotatable bonds is 5. The summed E-state index contributed by atoms with van der Waals surface area (Å²) in [6.45, 7) is 3.47. The molecule has 6 nitrogen and oxygen atoms in total. The van der Waals surface area contributed by atoms with Crippen molar-refractivity contribution >= 4 is 46.2 Å². The van der Waals surface area contributed by atoms with Gasteiger partial charge in [-0.1, -0.05) is 0 Å². The molecule has 1 aliphatic rings. The topological polar surface area (TPSA) is 89.3 Å². The first kappa shape index (κ1) is 19.7. The Kier molecular flexibility index (Phi) is 6.78. The quantitative estimate of drug-likeness (QED) is 0.738. The first-order valence-electron chi connectivity index (χ1n) is 8.00. The van der Waals surface area contributed by atoms with Gasteiger partial charge >= 0.3 is 0 Å². The third kappa shape index (κ3) is 4.70. The molecule has 0 saturated carbocycles. The second kappa shape index (κ2) is 8.62. The van der Waals surface area contributed by atoms with Crippen LogP contribution in [0.25, 0.3) is 0 Å². The van der Waals surface area contributed by atoms with Crippen molar-refractivity contribution in [1.82, 2.24) is 4.98 Å². The Labute approximate surface area is 157 Å². The van der Waals surface area contributed by atoms with E-state index in [-0.39, 0.29) is 18.3 Å². The summed E-state index contributed by atoms with van der Waals surface area (Å²) in [6, 6.07) is 7.60. The zero-order valence-corrected chi connectivity index (χ0v) is 15.7.